The first-order valence-electron chi connectivity index (χ1n) is 11.0. The van der Waals surface area contributed by atoms with Gasteiger partial charge < -0.3 is 24.1 Å². The molecule has 6 nitrogen and oxygen atoms in total. The highest BCUT2D eigenvalue weighted by Crippen LogP contribution is 2.55. The maximum Gasteiger partial charge on any atom is 0.197 e. The maximum atomic E-state index is 13.3. The molecule has 0 bridgehead atoms. The number of benzene rings is 2. The highest BCUT2D eigenvalue weighted by molar-refractivity contribution is 5.89. The van der Waals surface area contributed by atoms with Crippen molar-refractivity contribution in [2.24, 2.45) is 11.3 Å². The lowest BCUT2D eigenvalue weighted by Gasteiger charge is -2.53. The van der Waals surface area contributed by atoms with Gasteiger partial charge in [-0.25, -0.2) is 0 Å². The first-order valence-corrected chi connectivity index (χ1v) is 11.0. The van der Waals surface area contributed by atoms with Gasteiger partial charge >= 0.3 is 0 Å². The van der Waals surface area contributed by atoms with E-state index < -0.39 is 0 Å². The molecule has 32 heavy (non-hydrogen) atoms. The Labute approximate surface area is 186 Å². The van der Waals surface area contributed by atoms with Crippen LogP contribution in [-0.4, -0.2) is 22.9 Å². The molecule has 0 saturated heterocycles. The van der Waals surface area contributed by atoms with Crippen molar-refractivity contribution in [1.82, 2.24) is 0 Å². The highest BCUT2D eigenvalue weighted by Gasteiger charge is 2.51. The van der Waals surface area contributed by atoms with Crippen LogP contribution in [0.1, 0.15) is 45.6 Å². The molecule has 2 aliphatic rings. The molecule has 0 unspecified atom stereocenters. The van der Waals surface area contributed by atoms with Crippen molar-refractivity contribution in [3.8, 4) is 34.3 Å². The molecular weight excluding hydrogens is 408 g/mol. The van der Waals surface area contributed by atoms with Gasteiger partial charge in [-0.1, -0.05) is 13.8 Å². The summed E-state index contributed by atoms with van der Waals surface area (Å²) >= 11 is 0. The molecule has 0 radical (unpaired) electrons. The zero-order valence-corrected chi connectivity index (χ0v) is 18.8. The normalized spacial score (nSPS) is 23.8. The van der Waals surface area contributed by atoms with Crippen LogP contribution in [0.15, 0.2) is 39.5 Å². The van der Waals surface area contributed by atoms with E-state index in [4.69, 9.17) is 13.9 Å². The number of phenols is 2. The summed E-state index contributed by atoms with van der Waals surface area (Å²) in [6.45, 7) is 6.75. The SMILES string of the molecule is COc1cc2oc(-c3ccc(O)c(O)c3)cc(=O)c2c2c1C[C@H]1C(C)(C)CCC[C@@]1(C)O2. The molecule has 1 aromatic heterocycles. The highest BCUT2D eigenvalue weighted by atomic mass is 16.5. The summed E-state index contributed by atoms with van der Waals surface area (Å²) in [7, 11) is 1.61. The van der Waals surface area contributed by atoms with Crippen LogP contribution in [0.2, 0.25) is 0 Å². The number of fused-ring (bicyclic) bond motifs is 4. The Morgan fingerprint density at radius 1 is 1.06 bits per heavy atom. The third kappa shape index (κ3) is 3.04. The third-order valence-corrected chi connectivity index (χ3v) is 7.43. The summed E-state index contributed by atoms with van der Waals surface area (Å²) in [6, 6.07) is 7.46. The van der Waals surface area contributed by atoms with Crippen molar-refractivity contribution in [2.75, 3.05) is 7.11 Å². The molecule has 2 N–H and O–H groups in total. The lowest BCUT2D eigenvalue weighted by molar-refractivity contribution is -0.0810. The smallest absolute Gasteiger partial charge is 0.197 e. The van der Waals surface area contributed by atoms with Gasteiger partial charge in [0.2, 0.25) is 0 Å². The minimum Gasteiger partial charge on any atom is -0.504 e. The number of hydrogen-bond acceptors (Lipinski definition) is 6. The van der Waals surface area contributed by atoms with E-state index in [0.717, 1.165) is 31.2 Å². The molecule has 5 rings (SSSR count). The minimum absolute atomic E-state index is 0.125. The quantitative estimate of drug-likeness (QED) is 0.523. The predicted molar refractivity (Wildman–Crippen MR) is 122 cm³/mol. The summed E-state index contributed by atoms with van der Waals surface area (Å²) in [6.07, 6.45) is 3.95. The molecule has 0 amide bonds. The molecule has 1 saturated carbocycles. The van der Waals surface area contributed by atoms with Crippen LogP contribution in [-0.2, 0) is 6.42 Å². The number of aromatic hydroxyl groups is 2. The summed E-state index contributed by atoms with van der Waals surface area (Å²) in [4.78, 5) is 13.3. The van der Waals surface area contributed by atoms with Crippen LogP contribution in [0, 0.1) is 11.3 Å². The first-order chi connectivity index (χ1) is 15.1. The molecule has 168 valence electrons. The van der Waals surface area contributed by atoms with Gasteiger partial charge in [0.15, 0.2) is 16.9 Å². The molecule has 3 aromatic rings. The Morgan fingerprint density at radius 2 is 1.84 bits per heavy atom. The zero-order valence-electron chi connectivity index (χ0n) is 18.8. The Hall–Kier alpha value is -3.15. The first kappa shape index (κ1) is 20.7. The monoisotopic (exact) mass is 436 g/mol. The summed E-state index contributed by atoms with van der Waals surface area (Å²) in [5.41, 5.74) is 1.32. The Morgan fingerprint density at radius 3 is 2.56 bits per heavy atom. The van der Waals surface area contributed by atoms with Gasteiger partial charge in [0.25, 0.3) is 0 Å². The van der Waals surface area contributed by atoms with Gasteiger partial charge in [0.05, 0.1) is 7.11 Å². The lowest BCUT2D eigenvalue weighted by Crippen LogP contribution is -2.54. The summed E-state index contributed by atoms with van der Waals surface area (Å²) in [5.74, 6) is 1.29. The van der Waals surface area contributed by atoms with E-state index >= 15 is 0 Å². The van der Waals surface area contributed by atoms with Gasteiger partial charge in [-0.2, -0.15) is 0 Å². The Kier molecular flexibility index (Phi) is 4.49. The molecule has 6 heteroatoms. The van der Waals surface area contributed by atoms with E-state index in [1.807, 2.05) is 0 Å². The van der Waals surface area contributed by atoms with E-state index in [-0.39, 0.29) is 27.9 Å². The fraction of sp³-hybridized carbons (Fsp3) is 0.423. The lowest BCUT2D eigenvalue weighted by atomic mass is 9.59. The van der Waals surface area contributed by atoms with Crippen molar-refractivity contribution in [3.63, 3.8) is 0 Å². The van der Waals surface area contributed by atoms with Crippen LogP contribution in [0.25, 0.3) is 22.3 Å². The average molecular weight is 437 g/mol. The van der Waals surface area contributed by atoms with Gasteiger partial charge in [-0.15, -0.1) is 0 Å². The van der Waals surface area contributed by atoms with E-state index in [1.54, 1.807) is 19.2 Å². The van der Waals surface area contributed by atoms with Gasteiger partial charge in [0, 0.05) is 29.2 Å². The van der Waals surface area contributed by atoms with E-state index in [9.17, 15) is 15.0 Å². The molecular formula is C26H28O6. The number of methoxy groups -OCH3 is 1. The van der Waals surface area contributed by atoms with Crippen molar-refractivity contribution >= 4 is 11.0 Å². The standard InChI is InChI=1S/C26H28O6/c1-25(2)8-5-9-26(3)22(25)11-15-20(30-4)13-21-23(24(15)32-26)18(29)12-19(31-21)14-6-7-16(27)17(28)10-14/h6-7,10,12-13,22,27-28H,5,8-9,11H2,1-4H3/t22-,26+/m0/s1. The van der Waals surface area contributed by atoms with Crippen molar-refractivity contribution in [3.05, 3.63) is 46.1 Å². The second kappa shape index (κ2) is 6.92. The maximum absolute atomic E-state index is 13.3. The van der Waals surface area contributed by atoms with Crippen molar-refractivity contribution < 1.29 is 24.1 Å². The van der Waals surface area contributed by atoms with Crippen molar-refractivity contribution in [2.45, 2.75) is 52.1 Å². The number of hydrogen-bond donors (Lipinski definition) is 2. The Balaban J connectivity index is 1.72. The number of rotatable bonds is 2. The van der Waals surface area contributed by atoms with Gasteiger partial charge in [-0.3, -0.25) is 4.79 Å². The number of ether oxygens (including phenoxy) is 2. The molecule has 2 atom stereocenters. The predicted octanol–water partition coefficient (Wildman–Crippen LogP) is 5.40. The van der Waals surface area contributed by atoms with Crippen LogP contribution >= 0.6 is 0 Å². The topological polar surface area (TPSA) is 89.1 Å². The van der Waals surface area contributed by atoms with Crippen molar-refractivity contribution in [1.29, 1.82) is 0 Å². The van der Waals surface area contributed by atoms with Gasteiger partial charge in [-0.05, 0) is 56.2 Å². The third-order valence-electron chi connectivity index (χ3n) is 7.43. The summed E-state index contributed by atoms with van der Waals surface area (Å²) < 4.78 is 18.5. The average Bonchev–Trinajstić information content (AvgIpc) is 2.73. The largest absolute Gasteiger partial charge is 0.504 e. The van der Waals surface area contributed by atoms with Gasteiger partial charge in [0.1, 0.15) is 33.8 Å². The molecule has 1 fully saturated rings. The van der Waals surface area contributed by atoms with Crippen LogP contribution in [0.4, 0.5) is 0 Å². The number of phenolic OH excluding ortho intramolecular Hbond substituents is 2. The van der Waals surface area contributed by atoms with E-state index in [1.165, 1.54) is 18.2 Å². The Bertz CT molecular complexity index is 1290. The zero-order chi connectivity index (χ0) is 22.8. The minimum atomic E-state index is -0.359. The van der Waals surface area contributed by atoms with E-state index in [0.29, 0.717) is 39.7 Å². The summed E-state index contributed by atoms with van der Waals surface area (Å²) in [5, 5.41) is 19.9. The van der Waals surface area contributed by atoms with Crippen LogP contribution in [0.3, 0.4) is 0 Å². The molecule has 2 heterocycles. The molecule has 1 aliphatic carbocycles. The molecule has 1 aliphatic heterocycles. The fourth-order valence-corrected chi connectivity index (χ4v) is 5.73. The second-order valence-corrected chi connectivity index (χ2v) is 9.95. The van der Waals surface area contributed by atoms with Crippen LogP contribution < -0.4 is 14.9 Å². The van der Waals surface area contributed by atoms with E-state index in [2.05, 4.69) is 20.8 Å². The second-order valence-electron chi connectivity index (χ2n) is 9.95. The molecule has 2 aromatic carbocycles. The fourth-order valence-electron chi connectivity index (χ4n) is 5.73. The van der Waals surface area contributed by atoms with Crippen LogP contribution in [0.5, 0.6) is 23.0 Å². The molecule has 0 spiro atoms.